The van der Waals surface area contributed by atoms with E-state index in [9.17, 15) is 4.79 Å². The predicted octanol–water partition coefficient (Wildman–Crippen LogP) is 2.87. The molecular formula is C15H19N3O2. The molecule has 2 rings (SSSR count). The van der Waals surface area contributed by atoms with Gasteiger partial charge in [0.05, 0.1) is 12.3 Å². The van der Waals surface area contributed by atoms with Crippen LogP contribution >= 0.6 is 0 Å². The molecule has 0 bridgehead atoms. The smallest absolute Gasteiger partial charge is 0.249 e. The minimum Gasteiger partial charge on any atom is -0.491 e. The first-order chi connectivity index (χ1) is 9.72. The summed E-state index contributed by atoms with van der Waals surface area (Å²) in [5.74, 6) is 0.566. The fourth-order valence-electron chi connectivity index (χ4n) is 1.77. The lowest BCUT2D eigenvalue weighted by atomic mass is 10.2. The fraction of sp³-hybridized carbons (Fsp3) is 0.333. The summed E-state index contributed by atoms with van der Waals surface area (Å²) >= 11 is 0. The van der Waals surface area contributed by atoms with Crippen molar-refractivity contribution in [1.29, 1.82) is 0 Å². The molecule has 1 aromatic carbocycles. The zero-order valence-electron chi connectivity index (χ0n) is 11.7. The average Bonchev–Trinajstić information content (AvgIpc) is 2.99. The molecule has 5 nitrogen and oxygen atoms in total. The van der Waals surface area contributed by atoms with Crippen molar-refractivity contribution in [2.45, 2.75) is 26.3 Å². The Morgan fingerprint density at radius 2 is 2.20 bits per heavy atom. The number of ether oxygens (including phenoxy) is 1. The Balaban J connectivity index is 2.07. The quantitative estimate of drug-likeness (QED) is 0.880. The summed E-state index contributed by atoms with van der Waals surface area (Å²) in [4.78, 5) is 12.2. The number of amides is 1. The molecule has 1 heterocycles. The van der Waals surface area contributed by atoms with Gasteiger partial charge in [-0.15, -0.1) is 0 Å². The highest BCUT2D eigenvalue weighted by atomic mass is 16.5. The fourth-order valence-corrected chi connectivity index (χ4v) is 1.77. The lowest BCUT2D eigenvalue weighted by Crippen LogP contribution is -2.24. The molecule has 0 saturated carbocycles. The standard InChI is InChI=1S/C15H19N3O2/c1-3-11-20-14-8-5-4-7-13(14)17-15(19)12(2)18-10-6-9-16-18/h4-10,12H,3,11H2,1-2H3,(H,17,19). The SMILES string of the molecule is CCCOc1ccccc1NC(=O)C(C)n1cccn1. The van der Waals surface area contributed by atoms with E-state index in [1.54, 1.807) is 30.1 Å². The van der Waals surface area contributed by atoms with Crippen LogP contribution in [-0.2, 0) is 4.79 Å². The molecule has 2 aromatic rings. The number of nitrogens with zero attached hydrogens (tertiary/aromatic N) is 2. The van der Waals surface area contributed by atoms with Crippen molar-refractivity contribution in [3.63, 3.8) is 0 Å². The third-order valence-corrected chi connectivity index (χ3v) is 2.91. The van der Waals surface area contributed by atoms with Gasteiger partial charge in [0.15, 0.2) is 0 Å². The first-order valence-corrected chi connectivity index (χ1v) is 6.74. The van der Waals surface area contributed by atoms with Crippen LogP contribution < -0.4 is 10.1 Å². The van der Waals surface area contributed by atoms with Gasteiger partial charge in [0.25, 0.3) is 0 Å². The minimum absolute atomic E-state index is 0.124. The summed E-state index contributed by atoms with van der Waals surface area (Å²) in [6.45, 7) is 4.47. The molecule has 0 radical (unpaired) electrons. The Hall–Kier alpha value is -2.30. The van der Waals surface area contributed by atoms with E-state index in [-0.39, 0.29) is 11.9 Å². The zero-order valence-corrected chi connectivity index (χ0v) is 11.7. The van der Waals surface area contributed by atoms with Crippen molar-refractivity contribution in [1.82, 2.24) is 9.78 Å². The molecule has 1 unspecified atom stereocenters. The van der Waals surface area contributed by atoms with Gasteiger partial charge in [-0.05, 0) is 31.5 Å². The number of aromatic nitrogens is 2. The van der Waals surface area contributed by atoms with E-state index in [1.807, 2.05) is 31.2 Å². The largest absolute Gasteiger partial charge is 0.491 e. The van der Waals surface area contributed by atoms with Crippen LogP contribution in [-0.4, -0.2) is 22.3 Å². The van der Waals surface area contributed by atoms with Crippen LogP contribution in [0.2, 0.25) is 0 Å². The summed E-state index contributed by atoms with van der Waals surface area (Å²) in [7, 11) is 0. The average molecular weight is 273 g/mol. The van der Waals surface area contributed by atoms with Gasteiger partial charge in [-0.3, -0.25) is 9.48 Å². The molecule has 0 spiro atoms. The Kier molecular flexibility index (Phi) is 4.76. The van der Waals surface area contributed by atoms with Gasteiger partial charge in [0.1, 0.15) is 11.8 Å². The van der Waals surface area contributed by atoms with Crippen LogP contribution in [0.5, 0.6) is 5.75 Å². The van der Waals surface area contributed by atoms with Gasteiger partial charge in [-0.2, -0.15) is 5.10 Å². The molecule has 20 heavy (non-hydrogen) atoms. The van der Waals surface area contributed by atoms with Crippen LogP contribution in [0.15, 0.2) is 42.7 Å². The summed E-state index contributed by atoms with van der Waals surface area (Å²) < 4.78 is 7.24. The molecule has 1 N–H and O–H groups in total. The second-order valence-corrected chi connectivity index (χ2v) is 4.50. The first kappa shape index (κ1) is 14.1. The van der Waals surface area contributed by atoms with Crippen LogP contribution in [0.4, 0.5) is 5.69 Å². The van der Waals surface area contributed by atoms with Crippen molar-refractivity contribution >= 4 is 11.6 Å². The minimum atomic E-state index is -0.371. The second kappa shape index (κ2) is 6.75. The molecule has 5 heteroatoms. The number of carbonyl (C=O) groups is 1. The van der Waals surface area contributed by atoms with E-state index in [4.69, 9.17) is 4.74 Å². The van der Waals surface area contributed by atoms with Crippen molar-refractivity contribution < 1.29 is 9.53 Å². The van der Waals surface area contributed by atoms with Crippen molar-refractivity contribution in [2.24, 2.45) is 0 Å². The Labute approximate surface area is 118 Å². The van der Waals surface area contributed by atoms with Crippen molar-refractivity contribution in [3.8, 4) is 5.75 Å². The van der Waals surface area contributed by atoms with Gasteiger partial charge >= 0.3 is 0 Å². The number of anilines is 1. The molecule has 1 amide bonds. The number of hydrogen-bond acceptors (Lipinski definition) is 3. The van der Waals surface area contributed by atoms with Gasteiger partial charge in [-0.25, -0.2) is 0 Å². The maximum absolute atomic E-state index is 12.2. The maximum atomic E-state index is 12.2. The van der Waals surface area contributed by atoms with E-state index in [0.717, 1.165) is 6.42 Å². The number of rotatable bonds is 6. The van der Waals surface area contributed by atoms with Crippen molar-refractivity contribution in [2.75, 3.05) is 11.9 Å². The van der Waals surface area contributed by atoms with Gasteiger partial charge in [0.2, 0.25) is 5.91 Å². The molecule has 0 aliphatic carbocycles. The molecule has 0 aliphatic rings. The summed E-state index contributed by atoms with van der Waals surface area (Å²) in [5.41, 5.74) is 0.685. The molecular weight excluding hydrogens is 254 g/mol. The highest BCUT2D eigenvalue weighted by molar-refractivity contribution is 5.94. The first-order valence-electron chi connectivity index (χ1n) is 6.74. The molecule has 1 atom stereocenters. The monoisotopic (exact) mass is 273 g/mol. The van der Waals surface area contributed by atoms with E-state index in [0.29, 0.717) is 18.0 Å². The van der Waals surface area contributed by atoms with Crippen LogP contribution in [0.25, 0.3) is 0 Å². The number of para-hydroxylation sites is 2. The Morgan fingerprint density at radius 3 is 2.90 bits per heavy atom. The third kappa shape index (κ3) is 3.38. The van der Waals surface area contributed by atoms with Gasteiger partial charge in [-0.1, -0.05) is 19.1 Å². The third-order valence-electron chi connectivity index (χ3n) is 2.91. The molecule has 0 saturated heterocycles. The summed E-state index contributed by atoms with van der Waals surface area (Å²) in [6, 6.07) is 8.86. The van der Waals surface area contributed by atoms with Crippen LogP contribution in [0, 0.1) is 0 Å². The number of hydrogen-bond donors (Lipinski definition) is 1. The zero-order chi connectivity index (χ0) is 14.4. The van der Waals surface area contributed by atoms with Crippen LogP contribution in [0.1, 0.15) is 26.3 Å². The maximum Gasteiger partial charge on any atom is 0.249 e. The predicted molar refractivity (Wildman–Crippen MR) is 77.8 cm³/mol. The number of nitrogens with one attached hydrogen (secondary N) is 1. The normalized spacial score (nSPS) is 11.9. The topological polar surface area (TPSA) is 56.1 Å². The van der Waals surface area contributed by atoms with E-state index >= 15 is 0 Å². The molecule has 0 aliphatic heterocycles. The number of carbonyl (C=O) groups excluding carboxylic acids is 1. The molecule has 0 fully saturated rings. The summed E-state index contributed by atoms with van der Waals surface area (Å²) in [5, 5.41) is 6.96. The molecule has 106 valence electrons. The highest BCUT2D eigenvalue weighted by Crippen LogP contribution is 2.24. The van der Waals surface area contributed by atoms with Gasteiger partial charge in [0, 0.05) is 12.4 Å². The number of benzene rings is 1. The van der Waals surface area contributed by atoms with Crippen LogP contribution in [0.3, 0.4) is 0 Å². The van der Waals surface area contributed by atoms with Gasteiger partial charge < -0.3 is 10.1 Å². The Bertz CT molecular complexity index is 552. The summed E-state index contributed by atoms with van der Waals surface area (Å²) in [6.07, 6.45) is 4.35. The van der Waals surface area contributed by atoms with E-state index in [1.165, 1.54) is 0 Å². The second-order valence-electron chi connectivity index (χ2n) is 4.50. The lowest BCUT2D eigenvalue weighted by molar-refractivity contribution is -0.119. The Morgan fingerprint density at radius 1 is 1.40 bits per heavy atom. The van der Waals surface area contributed by atoms with E-state index in [2.05, 4.69) is 10.4 Å². The van der Waals surface area contributed by atoms with Crippen molar-refractivity contribution in [3.05, 3.63) is 42.7 Å². The van der Waals surface area contributed by atoms with E-state index < -0.39 is 0 Å². The molecule has 1 aromatic heterocycles. The highest BCUT2D eigenvalue weighted by Gasteiger charge is 2.16. The lowest BCUT2D eigenvalue weighted by Gasteiger charge is -2.15.